The van der Waals surface area contributed by atoms with Crippen LogP contribution in [0.4, 0.5) is 9.39 Å². The van der Waals surface area contributed by atoms with Gasteiger partial charge < -0.3 is 19.8 Å². The van der Waals surface area contributed by atoms with Crippen LogP contribution >= 0.6 is 11.3 Å². The molecule has 1 aromatic carbocycles. The molecule has 0 radical (unpaired) electrons. The monoisotopic (exact) mass is 442 g/mol. The number of hydrogen-bond acceptors (Lipinski definition) is 5. The summed E-state index contributed by atoms with van der Waals surface area (Å²) in [6.45, 7) is 2.05. The first-order valence-electron chi connectivity index (χ1n) is 10.2. The van der Waals surface area contributed by atoms with E-state index in [2.05, 4.69) is 10.6 Å². The molecular weight excluding hydrogens is 419 g/mol. The Morgan fingerprint density at radius 2 is 2.06 bits per heavy atom. The van der Waals surface area contributed by atoms with Crippen LogP contribution in [-0.4, -0.2) is 17.9 Å². The third-order valence-electron chi connectivity index (χ3n) is 5.16. The van der Waals surface area contributed by atoms with Gasteiger partial charge in [-0.2, -0.15) is 0 Å². The van der Waals surface area contributed by atoms with Gasteiger partial charge in [0.25, 0.3) is 11.8 Å². The maximum absolute atomic E-state index is 13.9. The van der Waals surface area contributed by atoms with Gasteiger partial charge in [0.15, 0.2) is 17.7 Å². The van der Waals surface area contributed by atoms with E-state index < -0.39 is 17.8 Å². The number of hydrogen-bond donors (Lipinski definition) is 2. The summed E-state index contributed by atoms with van der Waals surface area (Å²) in [5, 5.41) is 6.22. The first kappa shape index (κ1) is 21.1. The number of fused-ring (bicyclic) bond motifs is 1. The molecule has 2 heterocycles. The fourth-order valence-corrected chi connectivity index (χ4v) is 4.90. The van der Waals surface area contributed by atoms with Crippen LogP contribution < -0.4 is 15.4 Å². The summed E-state index contributed by atoms with van der Waals surface area (Å²) in [6.07, 6.45) is 3.70. The second-order valence-electron chi connectivity index (χ2n) is 7.26. The molecule has 6 nitrogen and oxygen atoms in total. The number of amides is 2. The number of para-hydroxylation sites is 1. The van der Waals surface area contributed by atoms with Gasteiger partial charge in [-0.15, -0.1) is 11.3 Å². The summed E-state index contributed by atoms with van der Waals surface area (Å²) in [5.74, 6) is -0.522. The number of ether oxygens (including phenoxy) is 1. The fraction of sp³-hybridized carbons (Fsp3) is 0.304. The van der Waals surface area contributed by atoms with Crippen molar-refractivity contribution in [1.82, 2.24) is 5.32 Å². The molecule has 3 aromatic rings. The lowest BCUT2D eigenvalue weighted by Gasteiger charge is -2.18. The molecule has 2 aromatic heterocycles. The van der Waals surface area contributed by atoms with Gasteiger partial charge in [-0.3, -0.25) is 9.59 Å². The van der Waals surface area contributed by atoms with Crippen molar-refractivity contribution in [3.05, 3.63) is 70.2 Å². The second-order valence-corrected chi connectivity index (χ2v) is 8.36. The third kappa shape index (κ3) is 4.64. The van der Waals surface area contributed by atoms with Crippen LogP contribution in [0, 0.1) is 5.82 Å². The minimum atomic E-state index is -0.882. The number of nitrogens with one attached hydrogen (secondary N) is 2. The largest absolute Gasteiger partial charge is 0.478 e. The van der Waals surface area contributed by atoms with Gasteiger partial charge in [0.1, 0.15) is 10.8 Å². The summed E-state index contributed by atoms with van der Waals surface area (Å²) < 4.78 is 24.8. The van der Waals surface area contributed by atoms with Crippen molar-refractivity contribution in [3.8, 4) is 5.75 Å². The fourth-order valence-electron chi connectivity index (χ4n) is 3.61. The van der Waals surface area contributed by atoms with Gasteiger partial charge in [0.05, 0.1) is 18.4 Å². The predicted molar refractivity (Wildman–Crippen MR) is 116 cm³/mol. The highest BCUT2D eigenvalue weighted by molar-refractivity contribution is 7.17. The van der Waals surface area contributed by atoms with Crippen molar-refractivity contribution in [3.63, 3.8) is 0 Å². The molecule has 2 N–H and O–H groups in total. The summed E-state index contributed by atoms with van der Waals surface area (Å²) >= 11 is 1.42. The standard InChI is InChI=1S/C23H23FN2O4S/c1-2-17(30-18-10-4-3-9-16(18)24)21(27)26-23-20(15-8-5-11-19(15)31-23)22(28)25-13-14-7-6-12-29-14/h3-4,6-7,9-10,12,17H,2,5,8,11,13H2,1H3,(H,25,28)(H,26,27). The van der Waals surface area contributed by atoms with Gasteiger partial charge in [0, 0.05) is 4.88 Å². The molecule has 162 valence electrons. The van der Waals surface area contributed by atoms with Crippen LogP contribution in [0.25, 0.3) is 0 Å². The molecule has 31 heavy (non-hydrogen) atoms. The summed E-state index contributed by atoms with van der Waals surface area (Å²) in [4.78, 5) is 27.0. The number of thiophene rings is 1. The molecule has 0 aliphatic heterocycles. The Labute approximate surface area is 183 Å². The third-order valence-corrected chi connectivity index (χ3v) is 6.36. The van der Waals surface area contributed by atoms with E-state index in [-0.39, 0.29) is 18.2 Å². The molecule has 0 spiro atoms. The zero-order valence-electron chi connectivity index (χ0n) is 17.1. The molecule has 1 atom stereocenters. The minimum absolute atomic E-state index is 0.0228. The van der Waals surface area contributed by atoms with Crippen molar-refractivity contribution in [1.29, 1.82) is 0 Å². The summed E-state index contributed by atoms with van der Waals surface area (Å²) in [5.41, 5.74) is 1.48. The summed E-state index contributed by atoms with van der Waals surface area (Å²) in [6, 6.07) is 9.52. The number of rotatable bonds is 8. The Morgan fingerprint density at radius 3 is 2.81 bits per heavy atom. The van der Waals surface area contributed by atoms with E-state index in [4.69, 9.17) is 9.15 Å². The van der Waals surface area contributed by atoms with E-state index in [9.17, 15) is 14.0 Å². The molecule has 1 aliphatic rings. The molecular formula is C23H23FN2O4S. The number of carbonyl (C=O) groups is 2. The van der Waals surface area contributed by atoms with Crippen LogP contribution in [0.1, 0.15) is 46.3 Å². The highest BCUT2D eigenvalue weighted by Gasteiger charge is 2.29. The Kier molecular flexibility index (Phi) is 6.36. The zero-order valence-corrected chi connectivity index (χ0v) is 17.9. The number of aryl methyl sites for hydroxylation is 1. The molecule has 8 heteroatoms. The zero-order chi connectivity index (χ0) is 21.8. The SMILES string of the molecule is CCC(Oc1ccccc1F)C(=O)Nc1sc2c(c1C(=O)NCc1ccco1)CCC2. The van der Waals surface area contributed by atoms with E-state index in [0.29, 0.717) is 22.7 Å². The number of benzene rings is 1. The molecule has 2 amide bonds. The second kappa shape index (κ2) is 9.34. The Hall–Kier alpha value is -3.13. The molecule has 0 saturated heterocycles. The summed E-state index contributed by atoms with van der Waals surface area (Å²) in [7, 11) is 0. The van der Waals surface area contributed by atoms with E-state index in [1.807, 2.05) is 0 Å². The van der Waals surface area contributed by atoms with Crippen molar-refractivity contribution in [2.45, 2.75) is 45.3 Å². The highest BCUT2D eigenvalue weighted by Crippen LogP contribution is 2.39. The normalized spacial score (nSPS) is 13.5. The van der Waals surface area contributed by atoms with E-state index in [1.165, 1.54) is 23.5 Å². The van der Waals surface area contributed by atoms with Crippen molar-refractivity contribution in [2.24, 2.45) is 0 Å². The molecule has 0 bridgehead atoms. The number of carbonyl (C=O) groups excluding carboxylic acids is 2. The molecule has 0 fully saturated rings. The Bertz CT molecular complexity index is 1080. The van der Waals surface area contributed by atoms with E-state index in [0.717, 1.165) is 29.7 Å². The predicted octanol–water partition coefficient (Wildman–Crippen LogP) is 4.70. The van der Waals surface area contributed by atoms with Crippen LogP contribution in [0.3, 0.4) is 0 Å². The molecule has 1 aliphatic carbocycles. The number of halogens is 1. The lowest BCUT2D eigenvalue weighted by atomic mass is 10.1. The quantitative estimate of drug-likeness (QED) is 0.530. The molecule has 1 unspecified atom stereocenters. The first-order valence-corrected chi connectivity index (χ1v) is 11.1. The van der Waals surface area contributed by atoms with E-state index >= 15 is 0 Å². The van der Waals surface area contributed by atoms with Crippen LogP contribution in [0.2, 0.25) is 0 Å². The Morgan fingerprint density at radius 1 is 1.23 bits per heavy atom. The molecule has 4 rings (SSSR count). The minimum Gasteiger partial charge on any atom is -0.478 e. The van der Waals surface area contributed by atoms with Crippen LogP contribution in [-0.2, 0) is 24.2 Å². The van der Waals surface area contributed by atoms with Crippen molar-refractivity contribution < 1.29 is 23.1 Å². The van der Waals surface area contributed by atoms with Crippen molar-refractivity contribution >= 4 is 28.2 Å². The van der Waals surface area contributed by atoms with Crippen molar-refractivity contribution in [2.75, 3.05) is 5.32 Å². The van der Waals surface area contributed by atoms with Crippen LogP contribution in [0.5, 0.6) is 5.75 Å². The number of furan rings is 1. The molecule has 0 saturated carbocycles. The Balaban J connectivity index is 1.51. The van der Waals surface area contributed by atoms with E-state index in [1.54, 1.807) is 37.5 Å². The highest BCUT2D eigenvalue weighted by atomic mass is 32.1. The van der Waals surface area contributed by atoms with Gasteiger partial charge in [-0.25, -0.2) is 4.39 Å². The van der Waals surface area contributed by atoms with Gasteiger partial charge in [-0.05, 0) is 55.5 Å². The average Bonchev–Trinajstić information content (AvgIpc) is 3.49. The maximum atomic E-state index is 13.9. The smallest absolute Gasteiger partial charge is 0.266 e. The lowest BCUT2D eigenvalue weighted by molar-refractivity contribution is -0.122. The maximum Gasteiger partial charge on any atom is 0.266 e. The van der Waals surface area contributed by atoms with Gasteiger partial charge in [0.2, 0.25) is 0 Å². The first-order chi connectivity index (χ1) is 15.1. The topological polar surface area (TPSA) is 80.6 Å². The van der Waals surface area contributed by atoms with Gasteiger partial charge in [-0.1, -0.05) is 19.1 Å². The lowest BCUT2D eigenvalue weighted by Crippen LogP contribution is -2.33. The van der Waals surface area contributed by atoms with Crippen LogP contribution in [0.15, 0.2) is 47.1 Å². The number of anilines is 1. The van der Waals surface area contributed by atoms with Gasteiger partial charge >= 0.3 is 0 Å². The average molecular weight is 443 g/mol.